The van der Waals surface area contributed by atoms with Gasteiger partial charge in [0.25, 0.3) is 0 Å². The molecule has 0 amide bonds. The second kappa shape index (κ2) is 62.9. The van der Waals surface area contributed by atoms with Gasteiger partial charge >= 0.3 is 17.9 Å². The fraction of sp³-hybridized carbons (Fsp3) is 0.725. The molecule has 0 bridgehead atoms. The monoisotopic (exact) mass is 1040 g/mol. The Labute approximate surface area is 464 Å². The van der Waals surface area contributed by atoms with Crippen LogP contribution in [0.25, 0.3) is 0 Å². The Morgan fingerprint density at radius 3 is 0.827 bits per heavy atom. The molecule has 0 aliphatic heterocycles. The van der Waals surface area contributed by atoms with Gasteiger partial charge < -0.3 is 14.2 Å². The van der Waals surface area contributed by atoms with Crippen LogP contribution in [0.2, 0.25) is 0 Å². The van der Waals surface area contributed by atoms with E-state index in [-0.39, 0.29) is 31.1 Å². The van der Waals surface area contributed by atoms with Gasteiger partial charge in [-0.05, 0) is 116 Å². The lowest BCUT2D eigenvalue weighted by molar-refractivity contribution is -0.167. The number of ether oxygens (including phenoxy) is 3. The number of hydrogen-bond donors (Lipinski definition) is 0. The van der Waals surface area contributed by atoms with E-state index < -0.39 is 6.10 Å². The van der Waals surface area contributed by atoms with Crippen molar-refractivity contribution >= 4 is 17.9 Å². The first-order chi connectivity index (χ1) is 37.0. The minimum absolute atomic E-state index is 0.0861. The second-order valence-corrected chi connectivity index (χ2v) is 20.9. The van der Waals surface area contributed by atoms with Gasteiger partial charge in [-0.1, -0.05) is 266 Å². The van der Waals surface area contributed by atoms with Crippen molar-refractivity contribution in [2.45, 2.75) is 309 Å². The molecule has 1 unspecified atom stereocenters. The standard InChI is InChI=1S/C69H118O6/c1-4-7-10-13-16-19-22-25-28-31-34-37-40-43-46-49-52-55-58-61-67(70)73-64-66(75-69(72)63-60-57-54-51-48-45-42-39-36-33-30-27-24-21-18-15-12-9-6-3)65-74-68(71)62-59-56-53-50-47-44-41-38-35-32-29-26-23-20-17-14-11-8-5-2/h7,9-10,12,16,18-19,21,25,27-28,30,32,34-35,37,66H,4-6,8,11,13-15,17,20,22-24,26,29,31,33,36,38-65H2,1-3H3/b10-7-,12-9-,19-16-,21-18-,28-25-,30-27-,35-32-,37-34-. The molecule has 0 spiro atoms. The van der Waals surface area contributed by atoms with E-state index in [1.807, 2.05) is 0 Å². The molecule has 0 aromatic rings. The summed E-state index contributed by atoms with van der Waals surface area (Å²) in [5.41, 5.74) is 0. The van der Waals surface area contributed by atoms with Gasteiger partial charge in [0.05, 0.1) is 0 Å². The van der Waals surface area contributed by atoms with Crippen LogP contribution in [0.4, 0.5) is 0 Å². The van der Waals surface area contributed by atoms with Crippen LogP contribution in [0.15, 0.2) is 97.2 Å². The largest absolute Gasteiger partial charge is 0.462 e. The average molecular weight is 1040 g/mol. The number of esters is 3. The van der Waals surface area contributed by atoms with Crippen LogP contribution < -0.4 is 0 Å². The molecule has 0 rings (SSSR count). The van der Waals surface area contributed by atoms with Gasteiger partial charge in [0.15, 0.2) is 6.10 Å². The fourth-order valence-electron chi connectivity index (χ4n) is 8.86. The van der Waals surface area contributed by atoms with Crippen molar-refractivity contribution in [1.29, 1.82) is 0 Å². The lowest BCUT2D eigenvalue weighted by Crippen LogP contribution is -2.30. The maximum Gasteiger partial charge on any atom is 0.306 e. The number of carbonyl (C=O) groups is 3. The summed E-state index contributed by atoms with van der Waals surface area (Å²) in [6.45, 7) is 6.43. The summed E-state index contributed by atoms with van der Waals surface area (Å²) < 4.78 is 16.9. The highest BCUT2D eigenvalue weighted by Gasteiger charge is 2.19. The van der Waals surface area contributed by atoms with Gasteiger partial charge in [0.2, 0.25) is 0 Å². The quantitative estimate of drug-likeness (QED) is 0.0261. The highest BCUT2D eigenvalue weighted by atomic mass is 16.6. The van der Waals surface area contributed by atoms with Crippen molar-refractivity contribution < 1.29 is 28.6 Å². The zero-order valence-electron chi connectivity index (χ0n) is 49.3. The third-order valence-electron chi connectivity index (χ3n) is 13.6. The van der Waals surface area contributed by atoms with Crippen molar-refractivity contribution in [2.24, 2.45) is 0 Å². The molecule has 0 saturated carbocycles. The number of unbranched alkanes of at least 4 members (excludes halogenated alkanes) is 30. The maximum atomic E-state index is 12.9. The first-order valence-corrected chi connectivity index (χ1v) is 31.7. The molecular formula is C69H118O6. The Balaban J connectivity index is 4.42. The van der Waals surface area contributed by atoms with Gasteiger partial charge in [-0.25, -0.2) is 0 Å². The Hall–Kier alpha value is -3.67. The molecule has 0 N–H and O–H groups in total. The van der Waals surface area contributed by atoms with Gasteiger partial charge in [0.1, 0.15) is 13.2 Å². The number of hydrogen-bond acceptors (Lipinski definition) is 6. The molecule has 0 aliphatic carbocycles. The molecule has 1 atom stereocenters. The molecule has 0 saturated heterocycles. The van der Waals surface area contributed by atoms with Gasteiger partial charge in [-0.3, -0.25) is 14.4 Å². The predicted molar refractivity (Wildman–Crippen MR) is 325 cm³/mol. The lowest BCUT2D eigenvalue weighted by Gasteiger charge is -2.18. The smallest absolute Gasteiger partial charge is 0.306 e. The number of carbonyl (C=O) groups excluding carboxylic acids is 3. The number of allylic oxidation sites excluding steroid dienone is 16. The molecule has 6 heteroatoms. The van der Waals surface area contributed by atoms with Gasteiger partial charge in [-0.15, -0.1) is 0 Å². The molecule has 0 fully saturated rings. The summed E-state index contributed by atoms with van der Waals surface area (Å²) in [5, 5.41) is 0. The van der Waals surface area contributed by atoms with Crippen LogP contribution in [0, 0.1) is 0 Å². The summed E-state index contributed by atoms with van der Waals surface area (Å²) in [7, 11) is 0. The second-order valence-electron chi connectivity index (χ2n) is 20.9. The Morgan fingerprint density at radius 2 is 0.520 bits per heavy atom. The normalized spacial score (nSPS) is 12.7. The van der Waals surface area contributed by atoms with E-state index in [9.17, 15) is 14.4 Å². The minimum atomic E-state index is -0.791. The van der Waals surface area contributed by atoms with E-state index in [1.54, 1.807) is 0 Å². The Bertz CT molecular complexity index is 1480. The lowest BCUT2D eigenvalue weighted by atomic mass is 10.1. The van der Waals surface area contributed by atoms with Crippen molar-refractivity contribution in [2.75, 3.05) is 13.2 Å². The van der Waals surface area contributed by atoms with E-state index in [1.165, 1.54) is 154 Å². The van der Waals surface area contributed by atoms with Crippen LogP contribution in [-0.2, 0) is 28.6 Å². The zero-order chi connectivity index (χ0) is 54.3. The molecule has 0 aromatic carbocycles. The Morgan fingerprint density at radius 1 is 0.280 bits per heavy atom. The molecule has 0 aromatic heterocycles. The highest BCUT2D eigenvalue weighted by molar-refractivity contribution is 5.71. The summed E-state index contributed by atoms with van der Waals surface area (Å²) in [6.07, 6.45) is 84.0. The topological polar surface area (TPSA) is 78.9 Å². The summed E-state index contributed by atoms with van der Waals surface area (Å²) in [4.78, 5) is 38.4. The van der Waals surface area contributed by atoms with E-state index in [0.717, 1.165) is 109 Å². The van der Waals surface area contributed by atoms with Crippen LogP contribution in [0.5, 0.6) is 0 Å². The van der Waals surface area contributed by atoms with Crippen LogP contribution in [-0.4, -0.2) is 37.2 Å². The van der Waals surface area contributed by atoms with E-state index in [0.29, 0.717) is 19.3 Å². The SMILES string of the molecule is CC/C=C\C/C=C\C/C=C\C/C=C\CCCCCCCCC(=O)OCC(COC(=O)CCCCCCCCC/C=C\CCCCCCCCCC)OC(=O)CCCCCCCCCCC/C=C\C/C=C\C/C=C\CC. The van der Waals surface area contributed by atoms with E-state index in [2.05, 4.69) is 118 Å². The molecule has 430 valence electrons. The van der Waals surface area contributed by atoms with Crippen molar-refractivity contribution in [3.63, 3.8) is 0 Å². The third-order valence-corrected chi connectivity index (χ3v) is 13.6. The van der Waals surface area contributed by atoms with E-state index >= 15 is 0 Å². The van der Waals surface area contributed by atoms with Gasteiger partial charge in [-0.2, -0.15) is 0 Å². The molecule has 0 aliphatic rings. The molecule has 6 nitrogen and oxygen atoms in total. The average Bonchev–Trinajstić information content (AvgIpc) is 3.41. The fourth-order valence-corrected chi connectivity index (χ4v) is 8.86. The number of rotatable bonds is 57. The van der Waals surface area contributed by atoms with Crippen molar-refractivity contribution in [3.05, 3.63) is 97.2 Å². The van der Waals surface area contributed by atoms with Crippen molar-refractivity contribution in [3.8, 4) is 0 Å². The summed E-state index contributed by atoms with van der Waals surface area (Å²) in [5.74, 6) is -0.900. The minimum Gasteiger partial charge on any atom is -0.462 e. The van der Waals surface area contributed by atoms with Crippen LogP contribution in [0.1, 0.15) is 303 Å². The Kier molecular flexibility index (Phi) is 59.8. The summed E-state index contributed by atoms with van der Waals surface area (Å²) >= 11 is 0. The van der Waals surface area contributed by atoms with Crippen LogP contribution in [0.3, 0.4) is 0 Å². The van der Waals surface area contributed by atoms with Gasteiger partial charge in [0, 0.05) is 19.3 Å². The molecule has 0 heterocycles. The first kappa shape index (κ1) is 71.3. The van der Waals surface area contributed by atoms with Crippen LogP contribution >= 0.6 is 0 Å². The molecular weight excluding hydrogens is 925 g/mol. The molecule has 0 radical (unpaired) electrons. The maximum absolute atomic E-state index is 12.9. The molecule has 75 heavy (non-hydrogen) atoms. The third kappa shape index (κ3) is 61.1. The van der Waals surface area contributed by atoms with Crippen molar-refractivity contribution in [1.82, 2.24) is 0 Å². The highest BCUT2D eigenvalue weighted by Crippen LogP contribution is 2.16. The zero-order valence-corrected chi connectivity index (χ0v) is 49.3. The van der Waals surface area contributed by atoms with E-state index in [4.69, 9.17) is 14.2 Å². The predicted octanol–water partition coefficient (Wildman–Crippen LogP) is 21.7. The first-order valence-electron chi connectivity index (χ1n) is 31.7. The summed E-state index contributed by atoms with van der Waals surface area (Å²) in [6, 6.07) is 0.